The number of amides is 1. The van der Waals surface area contributed by atoms with Gasteiger partial charge in [0.25, 0.3) is 5.91 Å². The molecule has 1 aromatic heterocycles. The zero-order chi connectivity index (χ0) is 13.1. The number of fused-ring (bicyclic) bond motifs is 1. The maximum atomic E-state index is 11.7. The number of para-hydroxylation sites is 1. The van der Waals surface area contributed by atoms with Crippen molar-refractivity contribution >= 4 is 16.8 Å². The number of H-pyrrole nitrogens is 1. The molecule has 18 heavy (non-hydrogen) atoms. The summed E-state index contributed by atoms with van der Waals surface area (Å²) in [5.41, 5.74) is 10.7. The Morgan fingerprint density at radius 1 is 1.44 bits per heavy atom. The number of hydrogen-bond acceptors (Lipinski definition) is 3. The van der Waals surface area contributed by atoms with Gasteiger partial charge in [-0.15, -0.1) is 0 Å². The summed E-state index contributed by atoms with van der Waals surface area (Å²) in [6.07, 6.45) is 2.43. The minimum Gasteiger partial charge on any atom is -0.361 e. The Kier molecular flexibility index (Phi) is 3.64. The summed E-state index contributed by atoms with van der Waals surface area (Å²) in [7, 11) is 3.52. The van der Waals surface area contributed by atoms with Crippen molar-refractivity contribution in [2.75, 3.05) is 14.1 Å². The molecule has 1 amide bonds. The predicted octanol–water partition coefficient (Wildman–Crippen LogP) is 0.631. The third-order valence-corrected chi connectivity index (χ3v) is 2.79. The molecule has 0 aliphatic carbocycles. The summed E-state index contributed by atoms with van der Waals surface area (Å²) in [5, 5.41) is 2.71. The second kappa shape index (κ2) is 5.20. The molecule has 0 bridgehead atoms. The van der Waals surface area contributed by atoms with Gasteiger partial charge >= 0.3 is 0 Å². The number of carbonyl (C=O) groups is 1. The Morgan fingerprint density at radius 2 is 2.17 bits per heavy atom. The van der Waals surface area contributed by atoms with Gasteiger partial charge in [0.1, 0.15) is 0 Å². The van der Waals surface area contributed by atoms with Gasteiger partial charge in [0.2, 0.25) is 0 Å². The van der Waals surface area contributed by atoms with Crippen molar-refractivity contribution < 1.29 is 4.79 Å². The van der Waals surface area contributed by atoms with Crippen LogP contribution in [0.4, 0.5) is 0 Å². The van der Waals surface area contributed by atoms with Crippen LogP contribution in [0, 0.1) is 0 Å². The fraction of sp³-hybridized carbons (Fsp3) is 0.308. The average molecular weight is 246 g/mol. The number of carbonyl (C=O) groups excluding carboxylic acids is 1. The highest BCUT2D eigenvalue weighted by molar-refractivity contribution is 5.85. The van der Waals surface area contributed by atoms with Gasteiger partial charge < -0.3 is 10.7 Å². The molecule has 0 fully saturated rings. The van der Waals surface area contributed by atoms with E-state index in [1.807, 2.05) is 30.5 Å². The summed E-state index contributed by atoms with van der Waals surface area (Å²) in [6.45, 7) is 0. The minimum atomic E-state index is -0.549. The van der Waals surface area contributed by atoms with E-state index in [1.54, 1.807) is 19.1 Å². The Labute approximate surface area is 106 Å². The lowest BCUT2D eigenvalue weighted by atomic mass is 10.1. The molecular formula is C13H18N4O. The van der Waals surface area contributed by atoms with E-state index in [0.717, 1.165) is 16.5 Å². The topological polar surface area (TPSA) is 74.2 Å². The van der Waals surface area contributed by atoms with Crippen molar-refractivity contribution in [1.29, 1.82) is 0 Å². The number of nitrogens with zero attached hydrogens (tertiary/aromatic N) is 1. The van der Waals surface area contributed by atoms with Crippen molar-refractivity contribution in [2.45, 2.75) is 12.5 Å². The van der Waals surface area contributed by atoms with E-state index in [4.69, 9.17) is 5.73 Å². The number of hydrogen-bond donors (Lipinski definition) is 3. The van der Waals surface area contributed by atoms with Crippen LogP contribution in [0.15, 0.2) is 30.5 Å². The van der Waals surface area contributed by atoms with Crippen LogP contribution in [0.5, 0.6) is 0 Å². The number of hydrazine groups is 1. The lowest BCUT2D eigenvalue weighted by Gasteiger charge is -2.16. The van der Waals surface area contributed by atoms with Crippen molar-refractivity contribution in [3.63, 3.8) is 0 Å². The highest BCUT2D eigenvalue weighted by Gasteiger charge is 2.16. The van der Waals surface area contributed by atoms with E-state index in [-0.39, 0.29) is 5.91 Å². The predicted molar refractivity (Wildman–Crippen MR) is 71.8 cm³/mol. The molecule has 0 aliphatic rings. The summed E-state index contributed by atoms with van der Waals surface area (Å²) in [4.78, 5) is 14.9. The average Bonchev–Trinajstić information content (AvgIpc) is 2.72. The second-order valence-electron chi connectivity index (χ2n) is 4.54. The molecular weight excluding hydrogens is 228 g/mol. The number of aromatic nitrogens is 1. The van der Waals surface area contributed by atoms with Crippen molar-refractivity contribution in [3.8, 4) is 0 Å². The molecule has 2 aromatic rings. The zero-order valence-electron chi connectivity index (χ0n) is 10.6. The summed E-state index contributed by atoms with van der Waals surface area (Å²) in [6, 6.07) is 7.43. The standard InChI is InChI=1S/C13H18N4O/c1-17(2)16-13(18)11(14)7-9-8-15-12-6-4-3-5-10(9)12/h3-6,8,11,15H,7,14H2,1-2H3,(H,16,18)/t11-/m0/s1. The Bertz CT molecular complexity index is 547. The highest BCUT2D eigenvalue weighted by Crippen LogP contribution is 2.18. The quantitative estimate of drug-likeness (QED) is 0.693. The first kappa shape index (κ1) is 12.6. The number of aromatic amines is 1. The largest absolute Gasteiger partial charge is 0.361 e. The molecule has 2 rings (SSSR count). The van der Waals surface area contributed by atoms with Gasteiger partial charge in [-0.2, -0.15) is 0 Å². The first-order valence-electron chi connectivity index (χ1n) is 5.86. The van der Waals surface area contributed by atoms with E-state index in [2.05, 4.69) is 10.4 Å². The monoisotopic (exact) mass is 246 g/mol. The SMILES string of the molecule is CN(C)NC(=O)[C@@H](N)Cc1c[nH]c2ccccc12. The van der Waals surface area contributed by atoms with E-state index in [1.165, 1.54) is 0 Å². The summed E-state index contributed by atoms with van der Waals surface area (Å²) < 4.78 is 0. The molecule has 5 nitrogen and oxygen atoms in total. The number of nitrogens with two attached hydrogens (primary N) is 1. The van der Waals surface area contributed by atoms with E-state index >= 15 is 0 Å². The number of rotatable bonds is 4. The van der Waals surface area contributed by atoms with E-state index in [9.17, 15) is 4.79 Å². The second-order valence-corrected chi connectivity index (χ2v) is 4.54. The molecule has 0 unspecified atom stereocenters. The fourth-order valence-electron chi connectivity index (χ4n) is 1.93. The van der Waals surface area contributed by atoms with Crippen LogP contribution in [0.1, 0.15) is 5.56 Å². The molecule has 4 N–H and O–H groups in total. The van der Waals surface area contributed by atoms with E-state index in [0.29, 0.717) is 6.42 Å². The van der Waals surface area contributed by atoms with Crippen molar-refractivity contribution in [1.82, 2.24) is 15.4 Å². The molecule has 0 aliphatic heterocycles. The van der Waals surface area contributed by atoms with Crippen LogP contribution in [0.2, 0.25) is 0 Å². The van der Waals surface area contributed by atoms with Gasteiger partial charge in [-0.3, -0.25) is 10.2 Å². The van der Waals surface area contributed by atoms with Crippen LogP contribution in [0.25, 0.3) is 10.9 Å². The molecule has 0 saturated carbocycles. The van der Waals surface area contributed by atoms with E-state index < -0.39 is 6.04 Å². The minimum absolute atomic E-state index is 0.176. The van der Waals surface area contributed by atoms with Crippen LogP contribution in [-0.2, 0) is 11.2 Å². The van der Waals surface area contributed by atoms with Gasteiger partial charge in [0.15, 0.2) is 0 Å². The maximum Gasteiger partial charge on any atom is 0.251 e. The smallest absolute Gasteiger partial charge is 0.251 e. The number of nitrogens with one attached hydrogen (secondary N) is 2. The number of benzene rings is 1. The van der Waals surface area contributed by atoms with Crippen molar-refractivity contribution in [2.24, 2.45) is 5.73 Å². The first-order valence-corrected chi connectivity index (χ1v) is 5.86. The van der Waals surface area contributed by atoms with Crippen LogP contribution < -0.4 is 11.2 Å². The van der Waals surface area contributed by atoms with Gasteiger partial charge in [0, 0.05) is 31.2 Å². The molecule has 1 atom stereocenters. The van der Waals surface area contributed by atoms with Gasteiger partial charge in [-0.25, -0.2) is 5.01 Å². The molecule has 96 valence electrons. The van der Waals surface area contributed by atoms with Gasteiger partial charge in [-0.1, -0.05) is 18.2 Å². The zero-order valence-corrected chi connectivity index (χ0v) is 10.6. The van der Waals surface area contributed by atoms with Crippen LogP contribution in [-0.4, -0.2) is 36.0 Å². The van der Waals surface area contributed by atoms with Crippen LogP contribution >= 0.6 is 0 Å². The Balaban J connectivity index is 2.11. The molecule has 1 aromatic carbocycles. The maximum absolute atomic E-state index is 11.7. The molecule has 0 saturated heterocycles. The normalized spacial score (nSPS) is 12.9. The van der Waals surface area contributed by atoms with Gasteiger partial charge in [-0.05, 0) is 18.1 Å². The molecule has 5 heteroatoms. The first-order chi connectivity index (χ1) is 8.58. The third-order valence-electron chi connectivity index (χ3n) is 2.79. The Morgan fingerprint density at radius 3 is 2.89 bits per heavy atom. The highest BCUT2D eigenvalue weighted by atomic mass is 16.2. The summed E-state index contributed by atoms with van der Waals surface area (Å²) >= 11 is 0. The molecule has 1 heterocycles. The lowest BCUT2D eigenvalue weighted by Crippen LogP contribution is -2.47. The molecule has 0 spiro atoms. The fourth-order valence-corrected chi connectivity index (χ4v) is 1.93. The van der Waals surface area contributed by atoms with Gasteiger partial charge in [0.05, 0.1) is 6.04 Å². The van der Waals surface area contributed by atoms with Crippen LogP contribution in [0.3, 0.4) is 0 Å². The molecule has 0 radical (unpaired) electrons. The van der Waals surface area contributed by atoms with Crippen molar-refractivity contribution in [3.05, 3.63) is 36.0 Å². The third kappa shape index (κ3) is 2.69. The summed E-state index contributed by atoms with van der Waals surface area (Å²) in [5.74, 6) is -0.176. The lowest BCUT2D eigenvalue weighted by molar-refractivity contribution is -0.126. The Hall–Kier alpha value is -1.85.